The van der Waals surface area contributed by atoms with Crippen molar-refractivity contribution in [3.05, 3.63) is 35.9 Å². The first-order chi connectivity index (χ1) is 9.33. The highest BCUT2D eigenvalue weighted by Gasteiger charge is 2.43. The molecule has 0 aromatic heterocycles. The van der Waals surface area contributed by atoms with Crippen LogP contribution in [0.2, 0.25) is 0 Å². The van der Waals surface area contributed by atoms with Crippen LogP contribution in [0.3, 0.4) is 0 Å². The van der Waals surface area contributed by atoms with Crippen LogP contribution in [0.5, 0.6) is 0 Å². The lowest BCUT2D eigenvalue weighted by molar-refractivity contribution is 0.00344. The van der Waals surface area contributed by atoms with E-state index in [1.807, 2.05) is 23.1 Å². The molecular weight excluding hydrogens is 240 g/mol. The van der Waals surface area contributed by atoms with E-state index in [-0.39, 0.29) is 11.6 Å². The van der Waals surface area contributed by atoms with E-state index in [4.69, 9.17) is 4.74 Å². The first-order valence-corrected chi connectivity index (χ1v) is 7.04. The molecule has 0 unspecified atom stereocenters. The Morgan fingerprint density at radius 3 is 2.58 bits per heavy atom. The molecule has 102 valence electrons. The first kappa shape index (κ1) is 12.5. The Bertz CT molecular complexity index is 441. The lowest BCUT2D eigenvalue weighted by atomic mass is 9.79. The number of hydrogen-bond acceptors (Lipinski definition) is 3. The van der Waals surface area contributed by atoms with Gasteiger partial charge in [-0.3, -0.25) is 4.90 Å². The van der Waals surface area contributed by atoms with E-state index in [0.717, 1.165) is 38.9 Å². The van der Waals surface area contributed by atoms with Crippen LogP contribution in [-0.4, -0.2) is 37.2 Å². The van der Waals surface area contributed by atoms with E-state index in [1.54, 1.807) is 0 Å². The zero-order valence-corrected chi connectivity index (χ0v) is 11.1. The van der Waals surface area contributed by atoms with Gasteiger partial charge in [0.2, 0.25) is 0 Å². The van der Waals surface area contributed by atoms with E-state index in [1.165, 1.54) is 5.56 Å². The van der Waals surface area contributed by atoms with Gasteiger partial charge in [-0.05, 0) is 37.9 Å². The molecule has 1 aromatic rings. The van der Waals surface area contributed by atoms with Gasteiger partial charge in [0.1, 0.15) is 0 Å². The van der Waals surface area contributed by atoms with Crippen molar-refractivity contribution in [2.45, 2.75) is 24.8 Å². The molecule has 0 radical (unpaired) electrons. The van der Waals surface area contributed by atoms with Gasteiger partial charge in [-0.2, -0.15) is 0 Å². The molecule has 19 heavy (non-hydrogen) atoms. The molecule has 3 rings (SSSR count). The van der Waals surface area contributed by atoms with Crippen LogP contribution < -0.4 is 5.32 Å². The summed E-state index contributed by atoms with van der Waals surface area (Å²) >= 11 is 0. The highest BCUT2D eigenvalue weighted by atomic mass is 16.6. The number of hydrogen-bond donors (Lipinski definition) is 1. The molecule has 2 heterocycles. The Balaban J connectivity index is 1.98. The number of nitrogens with zero attached hydrogens (tertiary/aromatic N) is 1. The molecular formula is C15H20N2O2. The lowest BCUT2D eigenvalue weighted by Crippen LogP contribution is -2.56. The maximum Gasteiger partial charge on any atom is 0.410 e. The molecule has 0 saturated carbocycles. The predicted molar refractivity (Wildman–Crippen MR) is 72.9 cm³/mol. The quantitative estimate of drug-likeness (QED) is 0.885. The topological polar surface area (TPSA) is 41.6 Å². The fourth-order valence-electron chi connectivity index (χ4n) is 3.24. The van der Waals surface area contributed by atoms with Crippen LogP contribution in [0.1, 0.15) is 24.8 Å². The summed E-state index contributed by atoms with van der Waals surface area (Å²) in [5, 5.41) is 3.38. The number of ether oxygens (including phenoxy) is 1. The van der Waals surface area contributed by atoms with Crippen LogP contribution >= 0.6 is 0 Å². The van der Waals surface area contributed by atoms with E-state index < -0.39 is 0 Å². The summed E-state index contributed by atoms with van der Waals surface area (Å²) in [5.74, 6) is 0. The molecule has 2 aliphatic heterocycles. The molecule has 1 N–H and O–H groups in total. The minimum atomic E-state index is -0.190. The van der Waals surface area contributed by atoms with Crippen molar-refractivity contribution in [1.29, 1.82) is 0 Å². The Morgan fingerprint density at radius 1 is 1.16 bits per heavy atom. The second-order valence-electron chi connectivity index (χ2n) is 5.27. The molecule has 0 aliphatic carbocycles. The number of carbonyl (C=O) groups excluding carboxylic acids is 1. The van der Waals surface area contributed by atoms with Gasteiger partial charge in [0.05, 0.1) is 12.1 Å². The van der Waals surface area contributed by atoms with Gasteiger partial charge in [0.15, 0.2) is 0 Å². The minimum absolute atomic E-state index is 0.156. The molecule has 1 aromatic carbocycles. The average molecular weight is 260 g/mol. The van der Waals surface area contributed by atoms with E-state index in [0.29, 0.717) is 6.61 Å². The Morgan fingerprint density at radius 2 is 1.89 bits per heavy atom. The number of carbonyl (C=O) groups is 1. The van der Waals surface area contributed by atoms with Crippen molar-refractivity contribution < 1.29 is 9.53 Å². The van der Waals surface area contributed by atoms with Crippen molar-refractivity contribution in [2.24, 2.45) is 0 Å². The maximum atomic E-state index is 12.2. The van der Waals surface area contributed by atoms with Crippen molar-refractivity contribution in [3.63, 3.8) is 0 Å². The Hall–Kier alpha value is -1.55. The first-order valence-electron chi connectivity index (χ1n) is 7.04. The normalized spacial score (nSPS) is 22.9. The summed E-state index contributed by atoms with van der Waals surface area (Å²) in [6, 6.07) is 10.4. The van der Waals surface area contributed by atoms with Gasteiger partial charge in [-0.15, -0.1) is 0 Å². The number of piperidine rings is 1. The highest BCUT2D eigenvalue weighted by Crippen LogP contribution is 2.38. The van der Waals surface area contributed by atoms with Crippen molar-refractivity contribution in [3.8, 4) is 0 Å². The fourth-order valence-corrected chi connectivity index (χ4v) is 3.24. The third kappa shape index (κ3) is 2.21. The van der Waals surface area contributed by atoms with Crippen LogP contribution in [0.15, 0.2) is 30.3 Å². The van der Waals surface area contributed by atoms with Crippen molar-refractivity contribution in [2.75, 3.05) is 26.2 Å². The van der Waals surface area contributed by atoms with Gasteiger partial charge in [0, 0.05) is 6.54 Å². The number of cyclic esters (lactones) is 1. The molecule has 2 fully saturated rings. The standard InChI is InChI=1S/C15H20N2O2/c18-14-17(11-4-12-19-14)15(7-9-16-10-8-15)13-5-2-1-3-6-13/h1-3,5-6,16H,4,7-12H2. The molecule has 4 nitrogen and oxygen atoms in total. The van der Waals surface area contributed by atoms with Crippen LogP contribution in [-0.2, 0) is 10.3 Å². The lowest BCUT2D eigenvalue weighted by Gasteiger charge is -2.47. The Labute approximate surface area is 113 Å². The summed E-state index contributed by atoms with van der Waals surface area (Å²) in [7, 11) is 0. The largest absolute Gasteiger partial charge is 0.449 e. The molecule has 0 atom stereocenters. The smallest absolute Gasteiger partial charge is 0.410 e. The van der Waals surface area contributed by atoms with Gasteiger partial charge in [-0.25, -0.2) is 4.79 Å². The van der Waals surface area contributed by atoms with E-state index >= 15 is 0 Å². The Kier molecular flexibility index (Phi) is 3.42. The van der Waals surface area contributed by atoms with E-state index in [2.05, 4.69) is 17.4 Å². The number of amides is 1. The molecule has 1 amide bonds. The van der Waals surface area contributed by atoms with Crippen LogP contribution in [0, 0.1) is 0 Å². The maximum absolute atomic E-state index is 12.2. The third-order valence-corrected chi connectivity index (χ3v) is 4.23. The average Bonchev–Trinajstić information content (AvgIpc) is 2.49. The van der Waals surface area contributed by atoms with Gasteiger partial charge >= 0.3 is 6.09 Å². The molecule has 2 saturated heterocycles. The second kappa shape index (κ2) is 5.21. The molecule has 4 heteroatoms. The molecule has 2 aliphatic rings. The van der Waals surface area contributed by atoms with Crippen LogP contribution in [0.25, 0.3) is 0 Å². The van der Waals surface area contributed by atoms with Crippen LogP contribution in [0.4, 0.5) is 4.79 Å². The SMILES string of the molecule is O=C1OCCCN1C1(c2ccccc2)CCNCC1. The number of rotatable bonds is 2. The van der Waals surface area contributed by atoms with Gasteiger partial charge in [0.25, 0.3) is 0 Å². The monoisotopic (exact) mass is 260 g/mol. The summed E-state index contributed by atoms with van der Waals surface area (Å²) in [6.45, 7) is 3.24. The summed E-state index contributed by atoms with van der Waals surface area (Å²) in [5.41, 5.74) is 1.04. The molecule has 0 bridgehead atoms. The minimum Gasteiger partial charge on any atom is -0.449 e. The van der Waals surface area contributed by atoms with Gasteiger partial charge < -0.3 is 10.1 Å². The number of benzene rings is 1. The number of nitrogens with one attached hydrogen (secondary N) is 1. The zero-order valence-electron chi connectivity index (χ0n) is 11.1. The third-order valence-electron chi connectivity index (χ3n) is 4.23. The highest BCUT2D eigenvalue weighted by molar-refractivity contribution is 5.70. The van der Waals surface area contributed by atoms with Crippen molar-refractivity contribution >= 4 is 6.09 Å². The fraction of sp³-hybridized carbons (Fsp3) is 0.533. The van der Waals surface area contributed by atoms with E-state index in [9.17, 15) is 4.79 Å². The van der Waals surface area contributed by atoms with Crippen molar-refractivity contribution in [1.82, 2.24) is 10.2 Å². The summed E-state index contributed by atoms with van der Waals surface area (Å²) in [6.07, 6.45) is 2.67. The van der Waals surface area contributed by atoms with Gasteiger partial charge in [-0.1, -0.05) is 30.3 Å². The predicted octanol–water partition coefficient (Wildman–Crippen LogP) is 2.11. The molecule has 0 spiro atoms. The summed E-state index contributed by atoms with van der Waals surface area (Å²) in [4.78, 5) is 14.1. The second-order valence-corrected chi connectivity index (χ2v) is 5.27. The zero-order chi connectivity index (χ0) is 13.1. The summed E-state index contributed by atoms with van der Waals surface area (Å²) < 4.78 is 5.26.